The van der Waals surface area contributed by atoms with E-state index < -0.39 is 0 Å². The van der Waals surface area contributed by atoms with Crippen LogP contribution in [0.25, 0.3) is 0 Å². The highest BCUT2D eigenvalue weighted by Crippen LogP contribution is 2.41. The van der Waals surface area contributed by atoms with Gasteiger partial charge >= 0.3 is 5.97 Å². The zero-order chi connectivity index (χ0) is 11.5. The van der Waals surface area contributed by atoms with Crippen LogP contribution >= 0.6 is 0 Å². The third kappa shape index (κ3) is 3.69. The summed E-state index contributed by atoms with van der Waals surface area (Å²) < 4.78 is 4.96. The average Bonchev–Trinajstić information content (AvgIpc) is 2.10. The molecule has 0 bridgehead atoms. The topological polar surface area (TPSA) is 26.3 Å². The zero-order valence-electron chi connectivity index (χ0n) is 10.1. The molecular formula is C13H22O2. The van der Waals surface area contributed by atoms with Gasteiger partial charge in [-0.25, -0.2) is 0 Å². The van der Waals surface area contributed by atoms with Crippen LogP contribution in [-0.2, 0) is 9.53 Å². The summed E-state index contributed by atoms with van der Waals surface area (Å²) in [5, 5.41) is 0. The van der Waals surface area contributed by atoms with E-state index in [1.807, 2.05) is 6.92 Å². The largest absolute Gasteiger partial charge is 0.466 e. The highest BCUT2D eigenvalue weighted by atomic mass is 16.5. The molecule has 0 spiro atoms. The van der Waals surface area contributed by atoms with Gasteiger partial charge in [-0.1, -0.05) is 26.0 Å². The van der Waals surface area contributed by atoms with Crippen LogP contribution in [0.15, 0.2) is 12.2 Å². The molecule has 2 heteroatoms. The standard InChI is InChI=1S/C13H22O2/c1-5-15-12(14)8-11-6-7-13(3,4)9-10(11)2/h11H,2,5-9H2,1,3-4H3/t11-/m1/s1. The van der Waals surface area contributed by atoms with E-state index in [0.717, 1.165) is 12.8 Å². The SMILES string of the molecule is C=C1CC(C)(C)CC[C@@H]1CC(=O)OCC. The molecule has 0 aliphatic heterocycles. The summed E-state index contributed by atoms with van der Waals surface area (Å²) in [5.41, 5.74) is 1.58. The Hall–Kier alpha value is -0.790. The molecule has 1 saturated carbocycles. The number of hydrogen-bond acceptors (Lipinski definition) is 2. The van der Waals surface area contributed by atoms with Gasteiger partial charge in [0, 0.05) is 0 Å². The first-order valence-corrected chi connectivity index (χ1v) is 5.78. The van der Waals surface area contributed by atoms with Gasteiger partial charge in [0.25, 0.3) is 0 Å². The van der Waals surface area contributed by atoms with E-state index in [2.05, 4.69) is 20.4 Å². The van der Waals surface area contributed by atoms with Crippen molar-refractivity contribution >= 4 is 5.97 Å². The molecule has 1 fully saturated rings. The maximum absolute atomic E-state index is 11.4. The summed E-state index contributed by atoms with van der Waals surface area (Å²) in [6.45, 7) is 10.9. The number of rotatable bonds is 3. The van der Waals surface area contributed by atoms with E-state index in [9.17, 15) is 4.79 Å². The number of hydrogen-bond donors (Lipinski definition) is 0. The van der Waals surface area contributed by atoms with Crippen LogP contribution in [-0.4, -0.2) is 12.6 Å². The molecule has 0 heterocycles. The summed E-state index contributed by atoms with van der Waals surface area (Å²) in [7, 11) is 0. The second kappa shape index (κ2) is 4.82. The molecule has 2 nitrogen and oxygen atoms in total. The van der Waals surface area contributed by atoms with Gasteiger partial charge in [0.2, 0.25) is 0 Å². The fourth-order valence-electron chi connectivity index (χ4n) is 2.28. The number of esters is 1. The van der Waals surface area contributed by atoms with E-state index in [1.54, 1.807) is 0 Å². The Bertz CT molecular complexity index is 253. The van der Waals surface area contributed by atoms with E-state index in [1.165, 1.54) is 12.0 Å². The van der Waals surface area contributed by atoms with E-state index in [4.69, 9.17) is 4.74 Å². The molecular weight excluding hydrogens is 188 g/mol. The van der Waals surface area contributed by atoms with Gasteiger partial charge in [-0.05, 0) is 37.5 Å². The van der Waals surface area contributed by atoms with Crippen LogP contribution in [0.1, 0.15) is 46.5 Å². The number of carbonyl (C=O) groups excluding carboxylic acids is 1. The first-order chi connectivity index (χ1) is 6.94. The van der Waals surface area contributed by atoms with E-state index >= 15 is 0 Å². The molecule has 1 rings (SSSR count). The average molecular weight is 210 g/mol. The molecule has 1 aliphatic carbocycles. The lowest BCUT2D eigenvalue weighted by molar-refractivity contribution is -0.144. The van der Waals surface area contributed by atoms with Crippen molar-refractivity contribution in [3.05, 3.63) is 12.2 Å². The van der Waals surface area contributed by atoms with Crippen molar-refractivity contribution in [2.45, 2.75) is 46.5 Å². The van der Waals surface area contributed by atoms with Gasteiger partial charge in [0.05, 0.1) is 13.0 Å². The molecule has 0 saturated heterocycles. The molecule has 1 aliphatic rings. The van der Waals surface area contributed by atoms with Crippen LogP contribution < -0.4 is 0 Å². The van der Waals surface area contributed by atoms with Crippen LogP contribution in [0, 0.1) is 11.3 Å². The van der Waals surface area contributed by atoms with Crippen LogP contribution in [0.2, 0.25) is 0 Å². The zero-order valence-corrected chi connectivity index (χ0v) is 10.1. The smallest absolute Gasteiger partial charge is 0.306 e. The Morgan fingerprint density at radius 2 is 2.27 bits per heavy atom. The van der Waals surface area contributed by atoms with Crippen molar-refractivity contribution < 1.29 is 9.53 Å². The van der Waals surface area contributed by atoms with Gasteiger partial charge < -0.3 is 4.74 Å². The van der Waals surface area contributed by atoms with Crippen molar-refractivity contribution in [3.8, 4) is 0 Å². The Labute approximate surface area is 92.7 Å². The summed E-state index contributed by atoms with van der Waals surface area (Å²) >= 11 is 0. The minimum absolute atomic E-state index is 0.0802. The molecule has 0 radical (unpaired) electrons. The number of allylic oxidation sites excluding steroid dienone is 1. The van der Waals surface area contributed by atoms with Crippen molar-refractivity contribution in [2.75, 3.05) is 6.61 Å². The predicted molar refractivity (Wildman–Crippen MR) is 61.5 cm³/mol. The van der Waals surface area contributed by atoms with E-state index in [0.29, 0.717) is 24.4 Å². The molecule has 86 valence electrons. The summed E-state index contributed by atoms with van der Waals surface area (Å²) in [6.07, 6.45) is 3.81. The highest BCUT2D eigenvalue weighted by Gasteiger charge is 2.30. The number of carbonyl (C=O) groups is 1. The molecule has 15 heavy (non-hydrogen) atoms. The van der Waals surface area contributed by atoms with Crippen LogP contribution in [0.4, 0.5) is 0 Å². The monoisotopic (exact) mass is 210 g/mol. The minimum atomic E-state index is -0.0802. The first kappa shape index (κ1) is 12.3. The Balaban J connectivity index is 2.45. The molecule has 0 aromatic carbocycles. The van der Waals surface area contributed by atoms with Gasteiger partial charge in [0.1, 0.15) is 0 Å². The normalized spacial score (nSPS) is 25.0. The Morgan fingerprint density at radius 3 is 2.80 bits per heavy atom. The van der Waals surface area contributed by atoms with Crippen LogP contribution in [0.3, 0.4) is 0 Å². The highest BCUT2D eigenvalue weighted by molar-refractivity contribution is 5.70. The molecule has 1 atom stereocenters. The Morgan fingerprint density at radius 1 is 1.60 bits per heavy atom. The second-order valence-corrected chi connectivity index (χ2v) is 5.24. The molecule has 0 amide bonds. The molecule has 0 unspecified atom stereocenters. The third-order valence-electron chi connectivity index (χ3n) is 3.17. The number of ether oxygens (including phenoxy) is 1. The fourth-order valence-corrected chi connectivity index (χ4v) is 2.28. The van der Waals surface area contributed by atoms with Gasteiger partial charge in [0.15, 0.2) is 0 Å². The second-order valence-electron chi connectivity index (χ2n) is 5.24. The van der Waals surface area contributed by atoms with Crippen molar-refractivity contribution in [1.82, 2.24) is 0 Å². The summed E-state index contributed by atoms with van der Waals surface area (Å²) in [5.74, 6) is 0.264. The summed E-state index contributed by atoms with van der Waals surface area (Å²) in [6, 6.07) is 0. The molecule has 0 aromatic rings. The van der Waals surface area contributed by atoms with Gasteiger partial charge in [-0.2, -0.15) is 0 Å². The van der Waals surface area contributed by atoms with Gasteiger partial charge in [-0.3, -0.25) is 4.79 Å². The van der Waals surface area contributed by atoms with Crippen molar-refractivity contribution in [2.24, 2.45) is 11.3 Å². The molecule has 0 aromatic heterocycles. The van der Waals surface area contributed by atoms with Gasteiger partial charge in [-0.15, -0.1) is 0 Å². The third-order valence-corrected chi connectivity index (χ3v) is 3.17. The van der Waals surface area contributed by atoms with E-state index in [-0.39, 0.29) is 5.97 Å². The lowest BCUT2D eigenvalue weighted by atomic mass is 9.70. The fraction of sp³-hybridized carbons (Fsp3) is 0.769. The van der Waals surface area contributed by atoms with Crippen LogP contribution in [0.5, 0.6) is 0 Å². The Kier molecular flexibility index (Phi) is 3.95. The van der Waals surface area contributed by atoms with Crippen molar-refractivity contribution in [1.29, 1.82) is 0 Å². The molecule has 0 N–H and O–H groups in total. The maximum Gasteiger partial charge on any atom is 0.306 e. The quantitative estimate of drug-likeness (QED) is 0.527. The van der Waals surface area contributed by atoms with Crippen molar-refractivity contribution in [3.63, 3.8) is 0 Å². The maximum atomic E-state index is 11.4. The minimum Gasteiger partial charge on any atom is -0.466 e. The predicted octanol–water partition coefficient (Wildman–Crippen LogP) is 3.32. The lowest BCUT2D eigenvalue weighted by Gasteiger charge is -2.35. The first-order valence-electron chi connectivity index (χ1n) is 5.78. The summed E-state index contributed by atoms with van der Waals surface area (Å²) in [4.78, 5) is 11.4. The lowest BCUT2D eigenvalue weighted by Crippen LogP contribution is -2.25.